The molecule has 0 amide bonds. The second-order valence-corrected chi connectivity index (χ2v) is 7.24. The van der Waals surface area contributed by atoms with Crippen LogP contribution >= 0.6 is 24.0 Å². The van der Waals surface area contributed by atoms with Crippen LogP contribution in [-0.4, -0.2) is 62.1 Å². The molecule has 1 aromatic rings. The Labute approximate surface area is 170 Å². The van der Waals surface area contributed by atoms with E-state index >= 15 is 0 Å². The summed E-state index contributed by atoms with van der Waals surface area (Å²) < 4.78 is 0. The van der Waals surface area contributed by atoms with Crippen LogP contribution in [0.1, 0.15) is 43.6 Å². The maximum absolute atomic E-state index is 4.51. The van der Waals surface area contributed by atoms with Gasteiger partial charge in [-0.05, 0) is 31.9 Å². The van der Waals surface area contributed by atoms with Crippen molar-refractivity contribution < 1.29 is 0 Å². The molecule has 4 nitrogen and oxygen atoms in total. The predicted octanol–water partition coefficient (Wildman–Crippen LogP) is 3.54. The summed E-state index contributed by atoms with van der Waals surface area (Å²) in [6, 6.07) is 11.7. The van der Waals surface area contributed by atoms with Crippen molar-refractivity contribution >= 4 is 29.9 Å². The van der Waals surface area contributed by atoms with E-state index < -0.39 is 0 Å². The molecule has 1 aliphatic carbocycles. The van der Waals surface area contributed by atoms with Crippen molar-refractivity contribution in [2.24, 2.45) is 4.99 Å². The first-order valence-corrected chi connectivity index (χ1v) is 9.48. The smallest absolute Gasteiger partial charge is 0.193 e. The fraction of sp³-hybridized carbons (Fsp3) is 0.650. The number of guanidine groups is 1. The van der Waals surface area contributed by atoms with Gasteiger partial charge >= 0.3 is 0 Å². The molecule has 1 unspecified atom stereocenters. The summed E-state index contributed by atoms with van der Waals surface area (Å²) in [5.41, 5.74) is 1.46. The second-order valence-electron chi connectivity index (χ2n) is 7.24. The van der Waals surface area contributed by atoms with E-state index in [1.807, 2.05) is 7.05 Å². The van der Waals surface area contributed by atoms with Gasteiger partial charge in [-0.2, -0.15) is 0 Å². The molecule has 1 N–H and O–H groups in total. The lowest BCUT2D eigenvalue weighted by Crippen LogP contribution is -2.44. The number of hydrogen-bond donors (Lipinski definition) is 1. The summed E-state index contributed by atoms with van der Waals surface area (Å²) in [6.07, 6.45) is 6.76. The van der Waals surface area contributed by atoms with Gasteiger partial charge in [0.25, 0.3) is 0 Å². The molecule has 25 heavy (non-hydrogen) atoms. The molecular weight excluding hydrogens is 423 g/mol. The van der Waals surface area contributed by atoms with E-state index in [9.17, 15) is 0 Å². The van der Waals surface area contributed by atoms with Crippen LogP contribution in [0.2, 0.25) is 0 Å². The van der Waals surface area contributed by atoms with Crippen LogP contribution in [0.25, 0.3) is 0 Å². The summed E-state index contributed by atoms with van der Waals surface area (Å²) in [7, 11) is 4.17. The number of benzene rings is 1. The van der Waals surface area contributed by atoms with Crippen molar-refractivity contribution in [3.05, 3.63) is 35.9 Å². The van der Waals surface area contributed by atoms with Gasteiger partial charge in [0.1, 0.15) is 0 Å². The van der Waals surface area contributed by atoms with E-state index in [1.165, 1.54) is 37.7 Å². The van der Waals surface area contributed by atoms with Crippen molar-refractivity contribution in [1.82, 2.24) is 15.1 Å². The van der Waals surface area contributed by atoms with E-state index in [4.69, 9.17) is 0 Å². The Balaban J connectivity index is 0.00000225. The number of likely N-dealkylation sites (tertiary alicyclic amines) is 1. The summed E-state index contributed by atoms with van der Waals surface area (Å²) in [6.45, 7) is 4.24. The van der Waals surface area contributed by atoms with Gasteiger partial charge in [0.05, 0.1) is 0 Å². The highest BCUT2D eigenvalue weighted by Crippen LogP contribution is 2.26. The topological polar surface area (TPSA) is 30.9 Å². The van der Waals surface area contributed by atoms with Crippen molar-refractivity contribution in [3.8, 4) is 0 Å². The van der Waals surface area contributed by atoms with Gasteiger partial charge in [-0.25, -0.2) is 0 Å². The third kappa shape index (κ3) is 5.58. The molecule has 5 heteroatoms. The van der Waals surface area contributed by atoms with Crippen LogP contribution < -0.4 is 5.32 Å². The Bertz CT molecular complexity index is 528. The number of aliphatic imine (C=N–C) groups is 1. The lowest BCUT2D eigenvalue weighted by Gasteiger charge is -2.26. The Morgan fingerprint density at radius 2 is 1.92 bits per heavy atom. The SMILES string of the molecule is CN=C(NCCN(C)C1CCCC1)N1CCC(c2ccccc2)C1.I. The van der Waals surface area contributed by atoms with E-state index in [1.54, 1.807) is 0 Å². The highest BCUT2D eigenvalue weighted by Gasteiger charge is 2.26. The molecule has 1 aromatic carbocycles. The third-order valence-electron chi connectivity index (χ3n) is 5.67. The van der Waals surface area contributed by atoms with Crippen LogP contribution in [0.3, 0.4) is 0 Å². The zero-order chi connectivity index (χ0) is 16.8. The van der Waals surface area contributed by atoms with Crippen LogP contribution in [0.15, 0.2) is 35.3 Å². The van der Waals surface area contributed by atoms with Crippen LogP contribution in [0.4, 0.5) is 0 Å². The minimum absolute atomic E-state index is 0. The van der Waals surface area contributed by atoms with Gasteiger partial charge in [0.2, 0.25) is 0 Å². The minimum atomic E-state index is 0. The molecule has 3 rings (SSSR count). The first-order chi connectivity index (χ1) is 11.8. The lowest BCUT2D eigenvalue weighted by atomic mass is 9.99. The van der Waals surface area contributed by atoms with Crippen molar-refractivity contribution in [2.45, 2.75) is 44.1 Å². The number of rotatable bonds is 5. The molecule has 2 fully saturated rings. The molecular formula is C20H33IN4. The normalized spacial score (nSPS) is 21.6. The number of nitrogens with zero attached hydrogens (tertiary/aromatic N) is 3. The molecule has 140 valence electrons. The molecule has 0 bridgehead atoms. The molecule has 0 radical (unpaired) electrons. The monoisotopic (exact) mass is 456 g/mol. The third-order valence-corrected chi connectivity index (χ3v) is 5.67. The van der Waals surface area contributed by atoms with Crippen molar-refractivity contribution in [1.29, 1.82) is 0 Å². The Morgan fingerprint density at radius 3 is 2.60 bits per heavy atom. The zero-order valence-corrected chi connectivity index (χ0v) is 18.0. The zero-order valence-electron chi connectivity index (χ0n) is 15.7. The van der Waals surface area contributed by atoms with Gasteiger partial charge in [0.15, 0.2) is 5.96 Å². The number of halogens is 1. The van der Waals surface area contributed by atoms with E-state index in [0.717, 1.165) is 38.2 Å². The quantitative estimate of drug-likeness (QED) is 0.418. The summed E-state index contributed by atoms with van der Waals surface area (Å²) in [5.74, 6) is 1.69. The molecule has 1 saturated heterocycles. The Hall–Kier alpha value is -0.820. The second kappa shape index (κ2) is 10.4. The Morgan fingerprint density at radius 1 is 1.20 bits per heavy atom. The predicted molar refractivity (Wildman–Crippen MR) is 117 cm³/mol. The lowest BCUT2D eigenvalue weighted by molar-refractivity contribution is 0.248. The largest absolute Gasteiger partial charge is 0.355 e. The van der Waals surface area contributed by atoms with Gasteiger partial charge in [-0.3, -0.25) is 4.99 Å². The Kier molecular flexibility index (Phi) is 8.49. The first-order valence-electron chi connectivity index (χ1n) is 9.48. The maximum Gasteiger partial charge on any atom is 0.193 e. The number of likely N-dealkylation sites (N-methyl/N-ethyl adjacent to an activating group) is 1. The molecule has 1 aliphatic heterocycles. The minimum Gasteiger partial charge on any atom is -0.355 e. The molecule has 2 aliphatic rings. The first kappa shape index (κ1) is 20.5. The number of hydrogen-bond acceptors (Lipinski definition) is 2. The highest BCUT2D eigenvalue weighted by molar-refractivity contribution is 14.0. The summed E-state index contributed by atoms with van der Waals surface area (Å²) in [4.78, 5) is 9.43. The van der Waals surface area contributed by atoms with Gasteiger partial charge < -0.3 is 15.1 Å². The fourth-order valence-electron chi connectivity index (χ4n) is 4.15. The molecule has 1 atom stereocenters. The van der Waals surface area contributed by atoms with Gasteiger partial charge in [-0.1, -0.05) is 43.2 Å². The maximum atomic E-state index is 4.51. The average Bonchev–Trinajstić information content (AvgIpc) is 3.31. The van der Waals surface area contributed by atoms with Gasteiger partial charge in [0, 0.05) is 45.2 Å². The molecule has 1 heterocycles. The molecule has 1 saturated carbocycles. The summed E-state index contributed by atoms with van der Waals surface area (Å²) >= 11 is 0. The standard InChI is InChI=1S/C20H32N4.HI/c1-21-20(22-13-15-23(2)19-10-6-7-11-19)24-14-12-18(16-24)17-8-4-3-5-9-17;/h3-5,8-9,18-19H,6-7,10-16H2,1-2H3,(H,21,22);1H. The summed E-state index contributed by atoms with van der Waals surface area (Å²) in [5, 5.41) is 3.57. The van der Waals surface area contributed by atoms with E-state index in [0.29, 0.717) is 5.92 Å². The van der Waals surface area contributed by atoms with Crippen molar-refractivity contribution in [2.75, 3.05) is 40.3 Å². The highest BCUT2D eigenvalue weighted by atomic mass is 127. The molecule has 0 aromatic heterocycles. The van der Waals surface area contributed by atoms with Gasteiger partial charge in [-0.15, -0.1) is 24.0 Å². The number of nitrogens with one attached hydrogen (secondary N) is 1. The van der Waals surface area contributed by atoms with E-state index in [2.05, 4.69) is 57.5 Å². The average molecular weight is 456 g/mol. The molecule has 0 spiro atoms. The van der Waals surface area contributed by atoms with Crippen molar-refractivity contribution in [3.63, 3.8) is 0 Å². The van der Waals surface area contributed by atoms with Crippen LogP contribution in [0.5, 0.6) is 0 Å². The van der Waals surface area contributed by atoms with Crippen LogP contribution in [0, 0.1) is 0 Å². The van der Waals surface area contributed by atoms with E-state index in [-0.39, 0.29) is 24.0 Å². The van der Waals surface area contributed by atoms with Crippen LogP contribution in [-0.2, 0) is 0 Å². The fourth-order valence-corrected chi connectivity index (χ4v) is 4.15.